The van der Waals surface area contributed by atoms with E-state index in [0.717, 1.165) is 0 Å². The molecular weight excluding hydrogens is 273 g/mol. The summed E-state index contributed by atoms with van der Waals surface area (Å²) in [5.41, 5.74) is 0.939. The minimum Gasteiger partial charge on any atom is -0.449 e. The zero-order valence-corrected chi connectivity index (χ0v) is 10.8. The van der Waals surface area contributed by atoms with E-state index in [9.17, 15) is 4.39 Å². The number of aliphatic hydroxyl groups excluding tert-OH is 1. The smallest absolute Gasteiger partial charge is 0.247 e. The fraction of sp³-hybridized carbons (Fsp3) is 0.0625. The molecule has 0 aliphatic heterocycles. The molecule has 0 saturated carbocycles. The van der Waals surface area contributed by atoms with Crippen LogP contribution in [0.1, 0.15) is 11.3 Å². The van der Waals surface area contributed by atoms with Crippen molar-refractivity contribution in [3.63, 3.8) is 0 Å². The summed E-state index contributed by atoms with van der Waals surface area (Å²) >= 11 is 0. The number of hydrogen-bond acceptors (Lipinski definition) is 4. The molecule has 1 heterocycles. The number of fused-ring (bicyclic) bond motifs is 1. The van der Waals surface area contributed by atoms with Crippen molar-refractivity contribution in [2.24, 2.45) is 0 Å². The Kier molecular flexibility index (Phi) is 3.30. The molecule has 1 aromatic heterocycles. The molecule has 0 atom stereocenters. The van der Waals surface area contributed by atoms with Gasteiger partial charge in [-0.1, -0.05) is 18.2 Å². The molecule has 0 radical (unpaired) electrons. The third-order valence-corrected chi connectivity index (χ3v) is 3.04. The van der Waals surface area contributed by atoms with Crippen LogP contribution >= 0.6 is 0 Å². The number of benzene rings is 2. The fourth-order valence-corrected chi connectivity index (χ4v) is 2.03. The van der Waals surface area contributed by atoms with Crippen LogP contribution in [0.15, 0.2) is 46.9 Å². The minimum atomic E-state index is -0.615. The quantitative estimate of drug-likeness (QED) is 0.795. The molecule has 5 heteroatoms. The summed E-state index contributed by atoms with van der Waals surface area (Å²) in [5, 5.41) is 18.7. The Hall–Kier alpha value is -2.84. The number of nitriles is 1. The standard InChI is InChI=1S/C16H10FNO3/c17-12-7-10(9-19)5-6-14(12)21-16-11-3-1-2-4-13(11)20-15(16)8-18/h1-7,19H,9H2. The predicted molar refractivity (Wildman–Crippen MR) is 73.3 cm³/mol. The summed E-state index contributed by atoms with van der Waals surface area (Å²) in [6.07, 6.45) is 0. The fourth-order valence-electron chi connectivity index (χ4n) is 2.03. The van der Waals surface area contributed by atoms with Crippen molar-refractivity contribution in [3.05, 3.63) is 59.6 Å². The lowest BCUT2D eigenvalue weighted by Crippen LogP contribution is -1.92. The average Bonchev–Trinajstić information content (AvgIpc) is 2.87. The molecular formula is C16H10FNO3. The normalized spacial score (nSPS) is 10.5. The molecule has 0 aliphatic rings. The largest absolute Gasteiger partial charge is 0.449 e. The maximum atomic E-state index is 13.9. The first-order valence-electron chi connectivity index (χ1n) is 6.21. The van der Waals surface area contributed by atoms with E-state index < -0.39 is 5.82 Å². The zero-order chi connectivity index (χ0) is 14.8. The van der Waals surface area contributed by atoms with Crippen molar-refractivity contribution in [1.82, 2.24) is 0 Å². The second kappa shape index (κ2) is 5.27. The van der Waals surface area contributed by atoms with Gasteiger partial charge in [0, 0.05) is 0 Å². The Morgan fingerprint density at radius 2 is 2.05 bits per heavy atom. The number of nitrogens with zero attached hydrogens (tertiary/aromatic N) is 1. The molecule has 2 aromatic carbocycles. The molecule has 0 fully saturated rings. The first kappa shape index (κ1) is 13.2. The molecule has 0 aliphatic carbocycles. The van der Waals surface area contributed by atoms with E-state index in [1.807, 2.05) is 6.07 Å². The van der Waals surface area contributed by atoms with E-state index in [0.29, 0.717) is 16.5 Å². The first-order chi connectivity index (χ1) is 10.2. The number of aliphatic hydroxyl groups is 1. The van der Waals surface area contributed by atoms with Crippen LogP contribution in [0.4, 0.5) is 4.39 Å². The molecule has 4 nitrogen and oxygen atoms in total. The van der Waals surface area contributed by atoms with Crippen molar-refractivity contribution in [3.8, 4) is 17.6 Å². The van der Waals surface area contributed by atoms with E-state index in [4.69, 9.17) is 19.5 Å². The third-order valence-electron chi connectivity index (χ3n) is 3.04. The molecule has 0 amide bonds. The van der Waals surface area contributed by atoms with Crippen LogP contribution in [-0.2, 0) is 6.61 Å². The van der Waals surface area contributed by atoms with E-state index >= 15 is 0 Å². The highest BCUT2D eigenvalue weighted by Gasteiger charge is 2.17. The number of ether oxygens (including phenoxy) is 1. The van der Waals surface area contributed by atoms with Gasteiger partial charge in [-0.15, -0.1) is 0 Å². The van der Waals surface area contributed by atoms with Crippen molar-refractivity contribution < 1.29 is 18.7 Å². The van der Waals surface area contributed by atoms with Crippen LogP contribution in [0.2, 0.25) is 0 Å². The monoisotopic (exact) mass is 283 g/mol. The van der Waals surface area contributed by atoms with Crippen LogP contribution in [0, 0.1) is 17.1 Å². The van der Waals surface area contributed by atoms with Gasteiger partial charge in [-0.05, 0) is 29.8 Å². The predicted octanol–water partition coefficient (Wildman–Crippen LogP) is 3.73. The summed E-state index contributed by atoms with van der Waals surface area (Å²) in [7, 11) is 0. The molecule has 0 unspecified atom stereocenters. The van der Waals surface area contributed by atoms with Crippen LogP contribution < -0.4 is 4.74 Å². The minimum absolute atomic E-state index is 0.0122. The number of halogens is 1. The van der Waals surface area contributed by atoms with Gasteiger partial charge in [0.15, 0.2) is 17.3 Å². The second-order valence-electron chi connectivity index (χ2n) is 4.39. The van der Waals surface area contributed by atoms with Gasteiger partial charge < -0.3 is 14.3 Å². The lowest BCUT2D eigenvalue weighted by Gasteiger charge is -2.06. The molecule has 1 N–H and O–H groups in total. The average molecular weight is 283 g/mol. The van der Waals surface area contributed by atoms with Gasteiger partial charge in [-0.2, -0.15) is 5.26 Å². The lowest BCUT2D eigenvalue weighted by atomic mass is 10.2. The summed E-state index contributed by atoms with van der Waals surface area (Å²) in [6.45, 7) is -0.255. The molecule has 0 bridgehead atoms. The summed E-state index contributed by atoms with van der Waals surface area (Å²) in [4.78, 5) is 0. The van der Waals surface area contributed by atoms with Crippen LogP contribution in [0.3, 0.4) is 0 Å². The number of rotatable bonds is 3. The van der Waals surface area contributed by atoms with Crippen molar-refractivity contribution in [1.29, 1.82) is 5.26 Å². The summed E-state index contributed by atoms with van der Waals surface area (Å²) < 4.78 is 24.8. The Bertz CT molecular complexity index is 848. The van der Waals surface area contributed by atoms with Crippen LogP contribution in [-0.4, -0.2) is 5.11 Å². The van der Waals surface area contributed by atoms with E-state index in [1.165, 1.54) is 12.1 Å². The zero-order valence-electron chi connectivity index (χ0n) is 10.8. The summed E-state index contributed by atoms with van der Waals surface area (Å²) in [6, 6.07) is 13.0. The Morgan fingerprint density at radius 1 is 1.24 bits per heavy atom. The van der Waals surface area contributed by atoms with Crippen molar-refractivity contribution in [2.75, 3.05) is 0 Å². The molecule has 21 heavy (non-hydrogen) atoms. The lowest BCUT2D eigenvalue weighted by molar-refractivity contribution is 0.281. The summed E-state index contributed by atoms with van der Waals surface area (Å²) in [5.74, 6) is -0.475. The van der Waals surface area contributed by atoms with Gasteiger partial charge in [0.25, 0.3) is 0 Å². The van der Waals surface area contributed by atoms with E-state index in [1.54, 1.807) is 30.3 Å². The van der Waals surface area contributed by atoms with Gasteiger partial charge in [-0.25, -0.2) is 4.39 Å². The number of furan rings is 1. The second-order valence-corrected chi connectivity index (χ2v) is 4.39. The van der Waals surface area contributed by atoms with Crippen molar-refractivity contribution >= 4 is 11.0 Å². The van der Waals surface area contributed by atoms with E-state index in [-0.39, 0.29) is 23.9 Å². The van der Waals surface area contributed by atoms with Gasteiger partial charge in [0.2, 0.25) is 5.76 Å². The van der Waals surface area contributed by atoms with Crippen LogP contribution in [0.5, 0.6) is 11.5 Å². The van der Waals surface area contributed by atoms with Gasteiger partial charge in [0.05, 0.1) is 12.0 Å². The number of hydrogen-bond donors (Lipinski definition) is 1. The molecule has 3 aromatic rings. The van der Waals surface area contributed by atoms with Crippen molar-refractivity contribution in [2.45, 2.75) is 6.61 Å². The third kappa shape index (κ3) is 2.33. The molecule has 3 rings (SSSR count). The van der Waals surface area contributed by atoms with Gasteiger partial charge in [0.1, 0.15) is 11.7 Å². The van der Waals surface area contributed by atoms with Gasteiger partial charge >= 0.3 is 0 Å². The Balaban J connectivity index is 2.08. The van der Waals surface area contributed by atoms with Gasteiger partial charge in [-0.3, -0.25) is 0 Å². The maximum Gasteiger partial charge on any atom is 0.247 e. The Morgan fingerprint density at radius 3 is 2.76 bits per heavy atom. The van der Waals surface area contributed by atoms with Crippen LogP contribution in [0.25, 0.3) is 11.0 Å². The first-order valence-corrected chi connectivity index (χ1v) is 6.21. The SMILES string of the molecule is N#Cc1oc2ccccc2c1Oc1ccc(CO)cc1F. The highest BCUT2D eigenvalue weighted by Crippen LogP contribution is 2.36. The maximum absolute atomic E-state index is 13.9. The molecule has 104 valence electrons. The number of para-hydroxylation sites is 1. The Labute approximate surface area is 119 Å². The van der Waals surface area contributed by atoms with E-state index in [2.05, 4.69) is 0 Å². The highest BCUT2D eigenvalue weighted by molar-refractivity contribution is 5.86. The molecule has 0 spiro atoms. The molecule has 0 saturated heterocycles. The topological polar surface area (TPSA) is 66.4 Å². The highest BCUT2D eigenvalue weighted by atomic mass is 19.1.